The molecule has 0 aromatic heterocycles. The molecule has 12 heavy (non-hydrogen) atoms. The zero-order valence-corrected chi connectivity index (χ0v) is 6.90. The van der Waals surface area contributed by atoms with Crippen molar-refractivity contribution >= 4 is 12.9 Å². The van der Waals surface area contributed by atoms with Gasteiger partial charge in [-0.2, -0.15) is 5.26 Å². The smallest absolute Gasteiger partial charge is 0.321 e. The van der Waals surface area contributed by atoms with Crippen LogP contribution in [0.3, 0.4) is 0 Å². The third kappa shape index (κ3) is 1.72. The number of nitriles is 1. The van der Waals surface area contributed by atoms with E-state index in [9.17, 15) is 4.57 Å². The molecule has 0 aliphatic carbocycles. The van der Waals surface area contributed by atoms with Gasteiger partial charge in [-0.3, -0.25) is 4.57 Å². The summed E-state index contributed by atoms with van der Waals surface area (Å²) in [4.78, 5) is 17.5. The fourth-order valence-electron chi connectivity index (χ4n) is 0.822. The Morgan fingerprint density at radius 2 is 1.92 bits per heavy atom. The van der Waals surface area contributed by atoms with Crippen molar-refractivity contribution in [3.05, 3.63) is 29.8 Å². The van der Waals surface area contributed by atoms with Crippen LogP contribution in [-0.2, 0) is 4.57 Å². The first kappa shape index (κ1) is 8.95. The van der Waals surface area contributed by atoms with Gasteiger partial charge in [-0.1, -0.05) is 12.1 Å². The quantitative estimate of drug-likeness (QED) is 0.616. The lowest BCUT2D eigenvalue weighted by Crippen LogP contribution is -2.07. The molecule has 4 nitrogen and oxygen atoms in total. The normalized spacial score (nSPS) is 10.8. The van der Waals surface area contributed by atoms with Gasteiger partial charge in [-0.15, -0.1) is 0 Å². The van der Waals surface area contributed by atoms with Crippen LogP contribution in [0.1, 0.15) is 5.56 Å². The molecular weight excluding hydrogens is 177 g/mol. The predicted molar refractivity (Wildman–Crippen MR) is 42.8 cm³/mol. The van der Waals surface area contributed by atoms with E-state index in [1.165, 1.54) is 18.2 Å². The number of nitrogens with zero attached hydrogens (tertiary/aromatic N) is 1. The van der Waals surface area contributed by atoms with E-state index in [0.717, 1.165) is 0 Å². The van der Waals surface area contributed by atoms with Crippen LogP contribution in [0.15, 0.2) is 24.3 Å². The van der Waals surface area contributed by atoms with Gasteiger partial charge in [0.15, 0.2) is 0 Å². The Hall–Kier alpha value is -1.14. The first-order valence-electron chi connectivity index (χ1n) is 3.11. The summed E-state index contributed by atoms with van der Waals surface area (Å²) in [6.07, 6.45) is 0. The molecule has 0 saturated heterocycles. The second kappa shape index (κ2) is 3.08. The van der Waals surface area contributed by atoms with Gasteiger partial charge < -0.3 is 9.79 Å². The maximum atomic E-state index is 10.8. The molecule has 0 heterocycles. The molecule has 0 radical (unpaired) electrons. The van der Waals surface area contributed by atoms with Crippen LogP contribution in [-0.4, -0.2) is 9.79 Å². The van der Waals surface area contributed by atoms with Gasteiger partial charge in [-0.25, -0.2) is 0 Å². The Bertz CT molecular complexity index is 376. The highest BCUT2D eigenvalue weighted by Gasteiger charge is 2.20. The van der Waals surface area contributed by atoms with Gasteiger partial charge in [0, 0.05) is 0 Å². The zero-order valence-electron chi connectivity index (χ0n) is 6.01. The molecule has 1 aromatic rings. The highest BCUT2D eigenvalue weighted by Crippen LogP contribution is 2.34. The predicted octanol–water partition coefficient (Wildman–Crippen LogP) is 0.361. The molecular formula is C7H6NO3P. The lowest BCUT2D eigenvalue weighted by Gasteiger charge is -2.03. The first-order chi connectivity index (χ1) is 5.55. The summed E-state index contributed by atoms with van der Waals surface area (Å²) in [7, 11) is -4.29. The van der Waals surface area contributed by atoms with E-state index in [2.05, 4.69) is 0 Å². The number of rotatable bonds is 1. The van der Waals surface area contributed by atoms with E-state index in [1.807, 2.05) is 0 Å². The number of hydrogen-bond acceptors (Lipinski definition) is 2. The fraction of sp³-hybridized carbons (Fsp3) is 0. The first-order valence-corrected chi connectivity index (χ1v) is 4.72. The minimum absolute atomic E-state index is 0.0193. The lowest BCUT2D eigenvalue weighted by atomic mass is 10.2. The second-order valence-electron chi connectivity index (χ2n) is 2.17. The van der Waals surface area contributed by atoms with Crippen LogP contribution in [0.4, 0.5) is 0 Å². The van der Waals surface area contributed by atoms with Crippen LogP contribution < -0.4 is 5.30 Å². The van der Waals surface area contributed by atoms with Gasteiger partial charge in [0.05, 0.1) is 10.9 Å². The molecule has 0 spiro atoms. The third-order valence-electron chi connectivity index (χ3n) is 1.34. The third-order valence-corrected chi connectivity index (χ3v) is 2.36. The molecule has 0 amide bonds. The SMILES string of the molecule is N#Cc1ccccc1P(=O)(O)O. The van der Waals surface area contributed by atoms with Crippen molar-refractivity contribution in [3.63, 3.8) is 0 Å². The molecule has 62 valence electrons. The summed E-state index contributed by atoms with van der Waals surface area (Å²) in [6, 6.07) is 7.36. The summed E-state index contributed by atoms with van der Waals surface area (Å²) in [5.74, 6) is 0. The molecule has 2 N–H and O–H groups in total. The molecule has 0 aliphatic heterocycles. The van der Waals surface area contributed by atoms with Crippen molar-refractivity contribution in [1.82, 2.24) is 0 Å². The Morgan fingerprint density at radius 3 is 2.33 bits per heavy atom. The van der Waals surface area contributed by atoms with E-state index >= 15 is 0 Å². The summed E-state index contributed by atoms with van der Waals surface area (Å²) in [6.45, 7) is 0. The van der Waals surface area contributed by atoms with Crippen LogP contribution in [0, 0.1) is 11.3 Å². The van der Waals surface area contributed by atoms with Crippen molar-refractivity contribution in [2.75, 3.05) is 0 Å². The number of hydrogen-bond donors (Lipinski definition) is 2. The average molecular weight is 183 g/mol. The van der Waals surface area contributed by atoms with Gasteiger partial charge in [-0.05, 0) is 12.1 Å². The highest BCUT2D eigenvalue weighted by molar-refractivity contribution is 7.60. The maximum Gasteiger partial charge on any atom is 0.357 e. The topological polar surface area (TPSA) is 81.3 Å². The molecule has 0 saturated carbocycles. The van der Waals surface area contributed by atoms with Crippen LogP contribution in [0.5, 0.6) is 0 Å². The molecule has 1 aromatic carbocycles. The van der Waals surface area contributed by atoms with Gasteiger partial charge >= 0.3 is 7.60 Å². The van der Waals surface area contributed by atoms with Gasteiger partial charge in [0.25, 0.3) is 0 Å². The van der Waals surface area contributed by atoms with E-state index in [4.69, 9.17) is 15.0 Å². The highest BCUT2D eigenvalue weighted by atomic mass is 31.2. The minimum atomic E-state index is -4.29. The largest absolute Gasteiger partial charge is 0.357 e. The second-order valence-corrected chi connectivity index (χ2v) is 3.74. The van der Waals surface area contributed by atoms with E-state index in [-0.39, 0.29) is 10.9 Å². The molecule has 0 bridgehead atoms. The summed E-state index contributed by atoms with van der Waals surface area (Å²) >= 11 is 0. The Kier molecular flexibility index (Phi) is 2.30. The molecule has 0 aliphatic rings. The van der Waals surface area contributed by atoms with Crippen molar-refractivity contribution in [2.24, 2.45) is 0 Å². The zero-order chi connectivity index (χ0) is 9.19. The van der Waals surface area contributed by atoms with Crippen LogP contribution in [0.2, 0.25) is 0 Å². The van der Waals surface area contributed by atoms with Gasteiger partial charge in [0.1, 0.15) is 6.07 Å². The fourth-order valence-corrected chi connectivity index (χ4v) is 1.54. The number of benzene rings is 1. The summed E-state index contributed by atoms with van der Waals surface area (Å²) in [5, 5.41) is 8.27. The Balaban J connectivity index is 3.36. The monoisotopic (exact) mass is 183 g/mol. The van der Waals surface area contributed by atoms with E-state index in [1.54, 1.807) is 12.1 Å². The molecule has 0 unspecified atom stereocenters. The van der Waals surface area contributed by atoms with Crippen molar-refractivity contribution < 1.29 is 14.4 Å². The van der Waals surface area contributed by atoms with Gasteiger partial charge in [0.2, 0.25) is 0 Å². The van der Waals surface area contributed by atoms with Crippen LogP contribution >= 0.6 is 7.60 Å². The minimum Gasteiger partial charge on any atom is -0.321 e. The lowest BCUT2D eigenvalue weighted by molar-refractivity contribution is 0.387. The van der Waals surface area contributed by atoms with Crippen molar-refractivity contribution in [1.29, 1.82) is 5.26 Å². The summed E-state index contributed by atoms with van der Waals surface area (Å²) < 4.78 is 10.8. The Labute approximate surface area is 69.2 Å². The Morgan fingerprint density at radius 1 is 1.33 bits per heavy atom. The van der Waals surface area contributed by atoms with E-state index in [0.29, 0.717) is 0 Å². The van der Waals surface area contributed by atoms with Crippen LogP contribution in [0.25, 0.3) is 0 Å². The molecule has 5 heteroatoms. The standard InChI is InChI=1S/C7H6NO3P/c8-5-6-3-1-2-4-7(6)12(9,10)11/h1-4H,(H2,9,10,11). The molecule has 1 rings (SSSR count). The van der Waals surface area contributed by atoms with Crippen molar-refractivity contribution in [2.45, 2.75) is 0 Å². The maximum absolute atomic E-state index is 10.8. The molecule has 0 fully saturated rings. The van der Waals surface area contributed by atoms with Crippen molar-refractivity contribution in [3.8, 4) is 6.07 Å². The molecule has 0 atom stereocenters. The summed E-state index contributed by atoms with van der Waals surface area (Å²) in [5.41, 5.74) is 0.0193. The van der Waals surface area contributed by atoms with E-state index < -0.39 is 7.60 Å². The average Bonchev–Trinajstić information content (AvgIpc) is 2.03.